The summed E-state index contributed by atoms with van der Waals surface area (Å²) in [6, 6.07) is 5.40. The predicted octanol–water partition coefficient (Wildman–Crippen LogP) is 1.98. The molecule has 21 heavy (non-hydrogen) atoms. The van der Waals surface area contributed by atoms with Gasteiger partial charge in [0.15, 0.2) is 0 Å². The Balaban J connectivity index is 1.93. The van der Waals surface area contributed by atoms with E-state index in [2.05, 4.69) is 17.0 Å². The molecule has 0 saturated heterocycles. The molecule has 2 atom stereocenters. The Labute approximate surface area is 126 Å². The van der Waals surface area contributed by atoms with Crippen molar-refractivity contribution >= 4 is 10.0 Å². The zero-order valence-electron chi connectivity index (χ0n) is 12.5. The summed E-state index contributed by atoms with van der Waals surface area (Å²) in [7, 11) is -3.12. The lowest BCUT2D eigenvalue weighted by molar-refractivity contribution is 0.339. The molecule has 0 heterocycles. The summed E-state index contributed by atoms with van der Waals surface area (Å²) >= 11 is 0. The molecule has 2 rings (SSSR count). The van der Waals surface area contributed by atoms with Crippen LogP contribution in [0.1, 0.15) is 36.9 Å². The molecule has 2 unspecified atom stereocenters. The molecule has 1 aliphatic carbocycles. The second-order valence-corrected chi connectivity index (χ2v) is 7.61. The first kappa shape index (κ1) is 16.4. The van der Waals surface area contributed by atoms with Gasteiger partial charge in [0, 0.05) is 12.6 Å². The van der Waals surface area contributed by atoms with Crippen molar-refractivity contribution in [3.8, 4) is 0 Å². The van der Waals surface area contributed by atoms with Crippen LogP contribution in [0.4, 0.5) is 4.39 Å². The van der Waals surface area contributed by atoms with Gasteiger partial charge >= 0.3 is 0 Å². The highest BCUT2D eigenvalue weighted by atomic mass is 32.2. The zero-order chi connectivity index (χ0) is 15.5. The summed E-state index contributed by atoms with van der Waals surface area (Å²) < 4.78 is 38.3. The first-order valence-corrected chi connectivity index (χ1v) is 9.23. The third-order valence-corrected chi connectivity index (χ3v) is 4.72. The SMILES string of the molecule is CC1CCc2c(F)cccc2C1NCCCNS(C)(=O)=O. The third kappa shape index (κ3) is 4.49. The number of rotatable bonds is 6. The van der Waals surface area contributed by atoms with Gasteiger partial charge in [0.1, 0.15) is 5.82 Å². The van der Waals surface area contributed by atoms with Crippen LogP contribution in [0, 0.1) is 11.7 Å². The van der Waals surface area contributed by atoms with Crippen molar-refractivity contribution in [3.63, 3.8) is 0 Å². The second-order valence-electron chi connectivity index (χ2n) is 5.78. The molecule has 118 valence electrons. The average molecular weight is 314 g/mol. The maximum absolute atomic E-state index is 13.8. The predicted molar refractivity (Wildman–Crippen MR) is 82.1 cm³/mol. The summed E-state index contributed by atoms with van der Waals surface area (Å²) in [5.41, 5.74) is 1.87. The number of nitrogens with one attached hydrogen (secondary N) is 2. The second kappa shape index (κ2) is 6.85. The Morgan fingerprint density at radius 1 is 1.33 bits per heavy atom. The van der Waals surface area contributed by atoms with Gasteiger partial charge in [-0.3, -0.25) is 0 Å². The molecular formula is C15H23FN2O2S. The number of hydrogen-bond donors (Lipinski definition) is 2. The Bertz CT molecular complexity index is 589. The fraction of sp³-hybridized carbons (Fsp3) is 0.600. The lowest BCUT2D eigenvalue weighted by Crippen LogP contribution is -2.33. The molecule has 1 aliphatic rings. The highest BCUT2D eigenvalue weighted by Gasteiger charge is 2.27. The first-order chi connectivity index (χ1) is 9.88. The number of sulfonamides is 1. The van der Waals surface area contributed by atoms with Gasteiger partial charge in [-0.15, -0.1) is 0 Å². The van der Waals surface area contributed by atoms with Crippen LogP contribution >= 0.6 is 0 Å². The van der Waals surface area contributed by atoms with Gasteiger partial charge in [-0.25, -0.2) is 17.5 Å². The fourth-order valence-electron chi connectivity index (χ4n) is 2.89. The van der Waals surface area contributed by atoms with Gasteiger partial charge in [-0.2, -0.15) is 0 Å². The molecule has 6 heteroatoms. The van der Waals surface area contributed by atoms with Crippen LogP contribution in [-0.2, 0) is 16.4 Å². The van der Waals surface area contributed by atoms with Crippen molar-refractivity contribution in [2.75, 3.05) is 19.3 Å². The van der Waals surface area contributed by atoms with Crippen molar-refractivity contribution in [2.45, 2.75) is 32.2 Å². The lowest BCUT2D eigenvalue weighted by atomic mass is 9.80. The molecule has 0 fully saturated rings. The zero-order valence-corrected chi connectivity index (χ0v) is 13.3. The van der Waals surface area contributed by atoms with E-state index in [4.69, 9.17) is 0 Å². The maximum atomic E-state index is 13.8. The third-order valence-electron chi connectivity index (χ3n) is 3.99. The minimum Gasteiger partial charge on any atom is -0.310 e. The molecule has 0 spiro atoms. The van der Waals surface area contributed by atoms with Gasteiger partial charge in [-0.1, -0.05) is 19.1 Å². The molecule has 4 nitrogen and oxygen atoms in total. The molecule has 1 aromatic rings. The van der Waals surface area contributed by atoms with Gasteiger partial charge in [0.2, 0.25) is 10.0 Å². The summed E-state index contributed by atoms with van der Waals surface area (Å²) in [4.78, 5) is 0. The molecular weight excluding hydrogens is 291 g/mol. The van der Waals surface area contributed by atoms with E-state index < -0.39 is 10.0 Å². The van der Waals surface area contributed by atoms with Gasteiger partial charge in [0.25, 0.3) is 0 Å². The average Bonchev–Trinajstić information content (AvgIpc) is 2.39. The largest absolute Gasteiger partial charge is 0.310 e. The van der Waals surface area contributed by atoms with Crippen molar-refractivity contribution in [1.29, 1.82) is 0 Å². The molecule has 0 bridgehead atoms. The number of fused-ring (bicyclic) bond motifs is 1. The molecule has 1 aromatic carbocycles. The minimum atomic E-state index is -3.12. The van der Waals surface area contributed by atoms with Crippen LogP contribution in [0.5, 0.6) is 0 Å². The maximum Gasteiger partial charge on any atom is 0.208 e. The Kier molecular flexibility index (Phi) is 5.35. The summed E-state index contributed by atoms with van der Waals surface area (Å²) in [6.45, 7) is 3.29. The normalized spacial score (nSPS) is 22.0. The number of benzene rings is 1. The Morgan fingerprint density at radius 2 is 2.10 bits per heavy atom. The lowest BCUT2D eigenvalue weighted by Gasteiger charge is -2.32. The number of halogens is 1. The fourth-order valence-corrected chi connectivity index (χ4v) is 3.41. The summed E-state index contributed by atoms with van der Waals surface area (Å²) in [5, 5.41) is 3.44. The van der Waals surface area contributed by atoms with Crippen molar-refractivity contribution in [2.24, 2.45) is 5.92 Å². The van der Waals surface area contributed by atoms with E-state index in [9.17, 15) is 12.8 Å². The van der Waals surface area contributed by atoms with E-state index in [1.807, 2.05) is 6.07 Å². The van der Waals surface area contributed by atoms with Gasteiger partial charge < -0.3 is 5.32 Å². The summed E-state index contributed by atoms with van der Waals surface area (Å²) in [5.74, 6) is 0.326. The Hall–Kier alpha value is -0.980. The smallest absolute Gasteiger partial charge is 0.208 e. The molecule has 0 radical (unpaired) electrons. The van der Waals surface area contributed by atoms with Crippen LogP contribution in [0.2, 0.25) is 0 Å². The first-order valence-electron chi connectivity index (χ1n) is 7.34. The molecule has 0 amide bonds. The monoisotopic (exact) mass is 314 g/mol. The molecule has 0 saturated carbocycles. The topological polar surface area (TPSA) is 58.2 Å². The van der Waals surface area contributed by atoms with Gasteiger partial charge in [-0.05, 0) is 48.9 Å². The number of hydrogen-bond acceptors (Lipinski definition) is 3. The van der Waals surface area contributed by atoms with Crippen LogP contribution in [-0.4, -0.2) is 27.8 Å². The summed E-state index contributed by atoms with van der Waals surface area (Å²) in [6.07, 6.45) is 3.62. The highest BCUT2D eigenvalue weighted by molar-refractivity contribution is 7.88. The van der Waals surface area contributed by atoms with Crippen LogP contribution in [0.3, 0.4) is 0 Å². The van der Waals surface area contributed by atoms with E-state index in [0.717, 1.165) is 30.2 Å². The molecule has 2 N–H and O–H groups in total. The highest BCUT2D eigenvalue weighted by Crippen LogP contribution is 2.35. The standard InChI is InChI=1S/C15H23FN2O2S/c1-11-7-8-12-13(5-3-6-14(12)16)15(11)17-9-4-10-18-21(2,19)20/h3,5-6,11,15,17-18H,4,7-10H2,1-2H3. The van der Waals surface area contributed by atoms with Gasteiger partial charge in [0.05, 0.1) is 6.26 Å². The van der Waals surface area contributed by atoms with E-state index in [0.29, 0.717) is 25.4 Å². The van der Waals surface area contributed by atoms with Crippen molar-refractivity contribution in [1.82, 2.24) is 10.0 Å². The quantitative estimate of drug-likeness (QED) is 0.789. The van der Waals surface area contributed by atoms with E-state index in [1.165, 1.54) is 6.07 Å². The van der Waals surface area contributed by atoms with Crippen LogP contribution < -0.4 is 10.0 Å². The van der Waals surface area contributed by atoms with E-state index in [1.54, 1.807) is 6.07 Å². The van der Waals surface area contributed by atoms with Crippen molar-refractivity contribution in [3.05, 3.63) is 35.1 Å². The molecule has 0 aliphatic heterocycles. The minimum absolute atomic E-state index is 0.120. The van der Waals surface area contributed by atoms with Crippen molar-refractivity contribution < 1.29 is 12.8 Å². The van der Waals surface area contributed by atoms with E-state index >= 15 is 0 Å². The Morgan fingerprint density at radius 3 is 2.81 bits per heavy atom. The van der Waals surface area contributed by atoms with Crippen LogP contribution in [0.25, 0.3) is 0 Å². The molecule has 0 aromatic heterocycles. The van der Waals surface area contributed by atoms with Crippen LogP contribution in [0.15, 0.2) is 18.2 Å². The van der Waals surface area contributed by atoms with E-state index in [-0.39, 0.29) is 11.9 Å².